The summed E-state index contributed by atoms with van der Waals surface area (Å²) in [5, 5.41) is 0. The maximum absolute atomic E-state index is 12.6. The third kappa shape index (κ3) is 3.74. The van der Waals surface area contributed by atoms with Gasteiger partial charge < -0.3 is 9.64 Å². The Morgan fingerprint density at radius 3 is 2.70 bits per heavy atom. The first kappa shape index (κ1) is 15.3. The van der Waals surface area contributed by atoms with E-state index in [-0.39, 0.29) is 12.0 Å². The average Bonchev–Trinajstić information content (AvgIpc) is 2.52. The minimum atomic E-state index is 0.151. The summed E-state index contributed by atoms with van der Waals surface area (Å²) >= 11 is 5.62. The van der Waals surface area contributed by atoms with E-state index >= 15 is 0 Å². The molecule has 0 atom stereocenters. The topological polar surface area (TPSA) is 29.5 Å². The van der Waals surface area contributed by atoms with Crippen molar-refractivity contribution in [2.45, 2.75) is 32.3 Å². The lowest BCUT2D eigenvalue weighted by atomic mass is 10.0. The summed E-state index contributed by atoms with van der Waals surface area (Å²) in [6, 6.07) is 7.88. The van der Waals surface area contributed by atoms with E-state index in [1.807, 2.05) is 29.2 Å². The first-order valence-electron chi connectivity index (χ1n) is 7.31. The van der Waals surface area contributed by atoms with Gasteiger partial charge >= 0.3 is 0 Å². The van der Waals surface area contributed by atoms with Gasteiger partial charge in [-0.1, -0.05) is 25.1 Å². The van der Waals surface area contributed by atoms with Crippen LogP contribution in [0.2, 0.25) is 0 Å². The van der Waals surface area contributed by atoms with E-state index in [2.05, 4.69) is 6.92 Å². The Morgan fingerprint density at radius 1 is 1.35 bits per heavy atom. The molecule has 0 saturated carbocycles. The Labute approximate surface area is 125 Å². The highest BCUT2D eigenvalue weighted by Gasteiger charge is 2.24. The number of piperidine rings is 1. The molecule has 110 valence electrons. The van der Waals surface area contributed by atoms with Crippen LogP contribution >= 0.6 is 11.6 Å². The van der Waals surface area contributed by atoms with Crippen molar-refractivity contribution in [1.82, 2.24) is 4.90 Å². The van der Waals surface area contributed by atoms with E-state index in [0.29, 0.717) is 12.5 Å². The molecular formula is C16H22ClNO2. The van der Waals surface area contributed by atoms with Crippen molar-refractivity contribution in [2.24, 2.45) is 0 Å². The van der Waals surface area contributed by atoms with Gasteiger partial charge in [0.2, 0.25) is 0 Å². The lowest BCUT2D eigenvalue weighted by molar-refractivity contribution is 0.0154. The first-order valence-corrected chi connectivity index (χ1v) is 7.84. The summed E-state index contributed by atoms with van der Waals surface area (Å²) in [6.45, 7) is 4.21. The lowest BCUT2D eigenvalue weighted by Crippen LogP contribution is -2.41. The number of alkyl halides is 1. The summed E-state index contributed by atoms with van der Waals surface area (Å²) < 4.78 is 5.64. The Bertz CT molecular complexity index is 442. The van der Waals surface area contributed by atoms with Gasteiger partial charge in [0.15, 0.2) is 0 Å². The zero-order chi connectivity index (χ0) is 14.4. The van der Waals surface area contributed by atoms with E-state index in [1.165, 1.54) is 0 Å². The molecule has 0 N–H and O–H groups in total. The second-order valence-corrected chi connectivity index (χ2v) is 5.44. The largest absolute Gasteiger partial charge is 0.377 e. The van der Waals surface area contributed by atoms with Crippen molar-refractivity contribution in [2.75, 3.05) is 25.6 Å². The molecule has 0 aromatic heterocycles. The van der Waals surface area contributed by atoms with Crippen LogP contribution in [0.4, 0.5) is 0 Å². The van der Waals surface area contributed by atoms with Crippen LogP contribution < -0.4 is 0 Å². The maximum atomic E-state index is 12.6. The van der Waals surface area contributed by atoms with Crippen molar-refractivity contribution in [3.05, 3.63) is 35.4 Å². The van der Waals surface area contributed by atoms with Gasteiger partial charge in [0.1, 0.15) is 0 Å². The summed E-state index contributed by atoms with van der Waals surface area (Å²) in [4.78, 5) is 14.5. The van der Waals surface area contributed by atoms with Gasteiger partial charge in [-0.05, 0) is 30.9 Å². The monoisotopic (exact) mass is 295 g/mol. The Hall–Kier alpha value is -1.06. The molecule has 0 unspecified atom stereocenters. The highest BCUT2D eigenvalue weighted by Crippen LogP contribution is 2.18. The summed E-state index contributed by atoms with van der Waals surface area (Å²) in [6.07, 6.45) is 2.93. The average molecular weight is 296 g/mol. The van der Waals surface area contributed by atoms with Gasteiger partial charge in [0.05, 0.1) is 12.7 Å². The van der Waals surface area contributed by atoms with Crippen LogP contribution in [0.5, 0.6) is 0 Å². The first-order chi connectivity index (χ1) is 9.76. The molecule has 1 aliphatic heterocycles. The Balaban J connectivity index is 1.94. The standard InChI is InChI=1S/C16H22ClNO2/c1-2-13-5-3-4-6-15(13)16(19)18-10-7-14(8-11-18)20-12-9-17/h3-6,14H,2,7-12H2,1H3. The molecule has 0 radical (unpaired) electrons. The Morgan fingerprint density at radius 2 is 2.05 bits per heavy atom. The normalized spacial score (nSPS) is 16.4. The van der Waals surface area contributed by atoms with Gasteiger partial charge in [-0.25, -0.2) is 0 Å². The van der Waals surface area contributed by atoms with Crippen LogP contribution in [0.1, 0.15) is 35.7 Å². The number of ether oxygens (including phenoxy) is 1. The molecule has 0 spiro atoms. The minimum absolute atomic E-state index is 0.151. The minimum Gasteiger partial charge on any atom is -0.377 e. The highest BCUT2D eigenvalue weighted by atomic mass is 35.5. The molecule has 1 heterocycles. The van der Waals surface area contributed by atoms with Gasteiger partial charge in [-0.3, -0.25) is 4.79 Å². The van der Waals surface area contributed by atoms with Crippen LogP contribution in [-0.2, 0) is 11.2 Å². The lowest BCUT2D eigenvalue weighted by Gasteiger charge is -2.32. The molecule has 2 rings (SSSR count). The fourth-order valence-corrected chi connectivity index (χ4v) is 2.73. The van der Waals surface area contributed by atoms with E-state index in [0.717, 1.165) is 43.5 Å². The zero-order valence-corrected chi connectivity index (χ0v) is 12.7. The van der Waals surface area contributed by atoms with Gasteiger partial charge in [-0.2, -0.15) is 0 Å². The molecular weight excluding hydrogens is 274 g/mol. The smallest absolute Gasteiger partial charge is 0.254 e. The number of carbonyl (C=O) groups is 1. The molecule has 1 amide bonds. The zero-order valence-electron chi connectivity index (χ0n) is 12.0. The molecule has 3 nitrogen and oxygen atoms in total. The molecule has 0 bridgehead atoms. The number of amides is 1. The second-order valence-electron chi connectivity index (χ2n) is 5.06. The molecule has 1 fully saturated rings. The highest BCUT2D eigenvalue weighted by molar-refractivity contribution is 6.17. The van der Waals surface area contributed by atoms with Gasteiger partial charge in [0, 0.05) is 24.5 Å². The van der Waals surface area contributed by atoms with Crippen LogP contribution in [0.3, 0.4) is 0 Å². The summed E-state index contributed by atoms with van der Waals surface area (Å²) in [5.41, 5.74) is 1.97. The summed E-state index contributed by atoms with van der Waals surface area (Å²) in [5.74, 6) is 0.682. The molecule has 20 heavy (non-hydrogen) atoms. The predicted molar refractivity (Wildman–Crippen MR) is 81.4 cm³/mol. The van der Waals surface area contributed by atoms with E-state index in [9.17, 15) is 4.79 Å². The van der Waals surface area contributed by atoms with Crippen LogP contribution in [0, 0.1) is 0 Å². The third-order valence-electron chi connectivity index (χ3n) is 3.79. The molecule has 0 aliphatic carbocycles. The van der Waals surface area contributed by atoms with Crippen molar-refractivity contribution in [1.29, 1.82) is 0 Å². The molecule has 1 saturated heterocycles. The van der Waals surface area contributed by atoms with Gasteiger partial charge in [0.25, 0.3) is 5.91 Å². The number of hydrogen-bond donors (Lipinski definition) is 0. The van der Waals surface area contributed by atoms with Crippen molar-refractivity contribution in [3.63, 3.8) is 0 Å². The van der Waals surface area contributed by atoms with E-state index in [4.69, 9.17) is 16.3 Å². The number of rotatable bonds is 5. The summed E-state index contributed by atoms with van der Waals surface area (Å²) in [7, 11) is 0. The number of aryl methyl sites for hydroxylation is 1. The number of likely N-dealkylation sites (tertiary alicyclic amines) is 1. The molecule has 1 aromatic rings. The van der Waals surface area contributed by atoms with Crippen LogP contribution in [-0.4, -0.2) is 42.5 Å². The number of hydrogen-bond acceptors (Lipinski definition) is 2. The number of nitrogens with zero attached hydrogens (tertiary/aromatic N) is 1. The van der Waals surface area contributed by atoms with Crippen LogP contribution in [0.15, 0.2) is 24.3 Å². The number of benzene rings is 1. The third-order valence-corrected chi connectivity index (χ3v) is 3.94. The predicted octanol–water partition coefficient (Wildman–Crippen LogP) is 3.11. The number of halogens is 1. The molecule has 4 heteroatoms. The van der Waals surface area contributed by atoms with Crippen LogP contribution in [0.25, 0.3) is 0 Å². The van der Waals surface area contributed by atoms with Gasteiger partial charge in [-0.15, -0.1) is 11.6 Å². The van der Waals surface area contributed by atoms with E-state index < -0.39 is 0 Å². The second kappa shape index (κ2) is 7.65. The van der Waals surface area contributed by atoms with Crippen molar-refractivity contribution < 1.29 is 9.53 Å². The maximum Gasteiger partial charge on any atom is 0.254 e. The van der Waals surface area contributed by atoms with Crippen molar-refractivity contribution in [3.8, 4) is 0 Å². The van der Waals surface area contributed by atoms with E-state index in [1.54, 1.807) is 0 Å². The molecule has 1 aromatic carbocycles. The number of carbonyl (C=O) groups excluding carboxylic acids is 1. The SMILES string of the molecule is CCc1ccccc1C(=O)N1CCC(OCCCl)CC1. The fraction of sp³-hybridized carbons (Fsp3) is 0.562. The molecule has 1 aliphatic rings. The van der Waals surface area contributed by atoms with Crippen molar-refractivity contribution >= 4 is 17.5 Å². The Kier molecular flexibility index (Phi) is 5.86. The fourth-order valence-electron chi connectivity index (χ4n) is 2.64. The quantitative estimate of drug-likeness (QED) is 0.781.